The number of aromatic nitrogens is 5. The molecule has 3 aromatic heterocycles. The van der Waals surface area contributed by atoms with Crippen LogP contribution < -0.4 is 0 Å². The van der Waals surface area contributed by atoms with Crippen molar-refractivity contribution in [3.8, 4) is 79.2 Å². The molecule has 0 aliphatic rings. The number of fused-ring (bicyclic) bond motifs is 3. The largest absolute Gasteiger partial charge is 0.456 e. The van der Waals surface area contributed by atoms with E-state index >= 15 is 0 Å². The second kappa shape index (κ2) is 13.8. The predicted octanol–water partition coefficient (Wildman–Crippen LogP) is 12.2. The molecule has 55 heavy (non-hydrogen) atoms. The Morgan fingerprint density at radius 1 is 0.291 bits per heavy atom. The molecule has 10 aromatic rings. The van der Waals surface area contributed by atoms with Crippen LogP contribution in [0.1, 0.15) is 0 Å². The van der Waals surface area contributed by atoms with Gasteiger partial charge in [-0.3, -0.25) is 0 Å². The van der Waals surface area contributed by atoms with E-state index in [2.05, 4.69) is 78.9 Å². The van der Waals surface area contributed by atoms with Gasteiger partial charge in [0, 0.05) is 44.2 Å². The van der Waals surface area contributed by atoms with Crippen LogP contribution in [0, 0.1) is 0 Å². The molecule has 7 aromatic carbocycles. The van der Waals surface area contributed by atoms with Gasteiger partial charge in [-0.25, -0.2) is 24.9 Å². The van der Waals surface area contributed by atoms with E-state index in [-0.39, 0.29) is 0 Å². The van der Waals surface area contributed by atoms with E-state index in [4.69, 9.17) is 29.3 Å². The van der Waals surface area contributed by atoms with Crippen LogP contribution in [0.5, 0.6) is 0 Å². The van der Waals surface area contributed by atoms with E-state index in [0.29, 0.717) is 23.3 Å². The van der Waals surface area contributed by atoms with E-state index in [1.807, 2.05) is 109 Å². The predicted molar refractivity (Wildman–Crippen MR) is 221 cm³/mol. The molecule has 0 bridgehead atoms. The van der Waals surface area contributed by atoms with Crippen molar-refractivity contribution in [1.82, 2.24) is 24.9 Å². The molecule has 0 amide bonds. The van der Waals surface area contributed by atoms with E-state index in [1.165, 1.54) is 0 Å². The van der Waals surface area contributed by atoms with Crippen LogP contribution in [0.3, 0.4) is 0 Å². The van der Waals surface area contributed by atoms with Crippen LogP contribution in [0.15, 0.2) is 192 Å². The highest BCUT2D eigenvalue weighted by molar-refractivity contribution is 6.13. The normalized spacial score (nSPS) is 11.3. The zero-order valence-electron chi connectivity index (χ0n) is 29.5. The molecular weight excluding hydrogens is 675 g/mol. The fraction of sp³-hybridized carbons (Fsp3) is 0. The minimum Gasteiger partial charge on any atom is -0.456 e. The summed E-state index contributed by atoms with van der Waals surface area (Å²) >= 11 is 0. The molecule has 0 atom stereocenters. The summed E-state index contributed by atoms with van der Waals surface area (Å²) in [7, 11) is 0. The Labute approximate surface area is 317 Å². The topological polar surface area (TPSA) is 77.6 Å². The molecule has 0 N–H and O–H groups in total. The standard InChI is InChI=1S/C49H31N5O/c1-5-14-33(15-6-1)41-31-42(34-16-7-2-8-17-34)51-49(50-41)38-28-29-40-44(30-38)55-43-23-13-22-39(45(40)43)32-24-26-37(27-25-32)48-53-46(35-18-9-3-10-19-35)52-47(54-48)36-20-11-4-12-21-36/h1-31H. The van der Waals surface area contributed by atoms with E-state index in [1.54, 1.807) is 0 Å². The maximum absolute atomic E-state index is 6.53. The first-order valence-electron chi connectivity index (χ1n) is 18.2. The first-order chi connectivity index (χ1) is 27.2. The number of rotatable bonds is 7. The van der Waals surface area contributed by atoms with Crippen molar-refractivity contribution in [1.29, 1.82) is 0 Å². The van der Waals surface area contributed by atoms with Crippen molar-refractivity contribution in [2.45, 2.75) is 0 Å². The highest BCUT2D eigenvalue weighted by Gasteiger charge is 2.17. The van der Waals surface area contributed by atoms with Gasteiger partial charge in [0.15, 0.2) is 23.3 Å². The van der Waals surface area contributed by atoms with Crippen LogP contribution in [-0.4, -0.2) is 24.9 Å². The van der Waals surface area contributed by atoms with Crippen LogP contribution in [-0.2, 0) is 0 Å². The molecule has 0 saturated carbocycles. The Kier molecular flexibility index (Phi) is 8.04. The van der Waals surface area contributed by atoms with Gasteiger partial charge in [0.2, 0.25) is 0 Å². The molecule has 3 heterocycles. The van der Waals surface area contributed by atoms with Crippen LogP contribution >= 0.6 is 0 Å². The summed E-state index contributed by atoms with van der Waals surface area (Å²) < 4.78 is 6.53. The second-order valence-corrected chi connectivity index (χ2v) is 13.3. The summed E-state index contributed by atoms with van der Waals surface area (Å²) in [6.45, 7) is 0. The average Bonchev–Trinajstić information content (AvgIpc) is 3.66. The third-order valence-corrected chi connectivity index (χ3v) is 9.77. The second-order valence-electron chi connectivity index (χ2n) is 13.3. The molecule has 0 radical (unpaired) electrons. The fourth-order valence-electron chi connectivity index (χ4n) is 7.03. The lowest BCUT2D eigenvalue weighted by Crippen LogP contribution is -2.00. The molecule has 6 nitrogen and oxygen atoms in total. The molecule has 0 saturated heterocycles. The van der Waals surface area contributed by atoms with Crippen molar-refractivity contribution < 1.29 is 4.42 Å². The van der Waals surface area contributed by atoms with Crippen LogP contribution in [0.25, 0.3) is 101 Å². The van der Waals surface area contributed by atoms with Gasteiger partial charge in [0.1, 0.15) is 11.2 Å². The van der Waals surface area contributed by atoms with Gasteiger partial charge in [0.05, 0.1) is 11.4 Å². The quantitative estimate of drug-likeness (QED) is 0.164. The number of benzene rings is 7. The molecule has 6 heteroatoms. The van der Waals surface area contributed by atoms with Crippen molar-refractivity contribution in [3.05, 3.63) is 188 Å². The van der Waals surface area contributed by atoms with Gasteiger partial charge in [-0.15, -0.1) is 0 Å². The lowest BCUT2D eigenvalue weighted by Gasteiger charge is -2.10. The van der Waals surface area contributed by atoms with Gasteiger partial charge < -0.3 is 4.42 Å². The molecule has 0 spiro atoms. The van der Waals surface area contributed by atoms with Crippen molar-refractivity contribution in [3.63, 3.8) is 0 Å². The number of nitrogens with zero attached hydrogens (tertiary/aromatic N) is 5. The maximum atomic E-state index is 6.53. The minimum atomic E-state index is 0.618. The third-order valence-electron chi connectivity index (χ3n) is 9.77. The third kappa shape index (κ3) is 6.22. The van der Waals surface area contributed by atoms with Crippen molar-refractivity contribution in [2.24, 2.45) is 0 Å². The maximum Gasteiger partial charge on any atom is 0.164 e. The van der Waals surface area contributed by atoms with E-state index in [0.717, 1.165) is 77.8 Å². The SMILES string of the molecule is c1ccc(-c2cc(-c3ccccc3)nc(-c3ccc4c(c3)oc3cccc(-c5ccc(-c6nc(-c7ccccc7)nc(-c7ccccc7)n6)cc5)c34)n2)cc1. The highest BCUT2D eigenvalue weighted by Crippen LogP contribution is 2.39. The number of hydrogen-bond donors (Lipinski definition) is 0. The lowest BCUT2D eigenvalue weighted by molar-refractivity contribution is 0.669. The zero-order valence-corrected chi connectivity index (χ0v) is 29.5. The summed E-state index contributed by atoms with van der Waals surface area (Å²) in [5, 5.41) is 2.08. The molecular formula is C49H31N5O. The molecule has 0 aliphatic carbocycles. The van der Waals surface area contributed by atoms with Gasteiger partial charge in [-0.05, 0) is 35.4 Å². The number of furan rings is 1. The van der Waals surface area contributed by atoms with Crippen molar-refractivity contribution >= 4 is 21.9 Å². The minimum absolute atomic E-state index is 0.618. The first-order valence-corrected chi connectivity index (χ1v) is 18.2. The Morgan fingerprint density at radius 3 is 1.25 bits per heavy atom. The highest BCUT2D eigenvalue weighted by atomic mass is 16.3. The monoisotopic (exact) mass is 705 g/mol. The molecule has 0 aliphatic heterocycles. The Balaban J connectivity index is 1.04. The molecule has 258 valence electrons. The Hall–Kier alpha value is -7.57. The van der Waals surface area contributed by atoms with Crippen molar-refractivity contribution in [2.75, 3.05) is 0 Å². The van der Waals surface area contributed by atoms with E-state index in [9.17, 15) is 0 Å². The molecule has 10 rings (SSSR count). The summed E-state index contributed by atoms with van der Waals surface area (Å²) in [4.78, 5) is 24.7. The summed E-state index contributed by atoms with van der Waals surface area (Å²) in [5.74, 6) is 2.53. The summed E-state index contributed by atoms with van der Waals surface area (Å²) in [5.41, 5.74) is 11.2. The molecule has 0 unspecified atom stereocenters. The smallest absolute Gasteiger partial charge is 0.164 e. The average molecular weight is 706 g/mol. The van der Waals surface area contributed by atoms with Gasteiger partial charge in [-0.1, -0.05) is 164 Å². The van der Waals surface area contributed by atoms with Gasteiger partial charge in [-0.2, -0.15) is 0 Å². The lowest BCUT2D eigenvalue weighted by atomic mass is 9.98. The van der Waals surface area contributed by atoms with Crippen LogP contribution in [0.4, 0.5) is 0 Å². The fourth-order valence-corrected chi connectivity index (χ4v) is 7.03. The van der Waals surface area contributed by atoms with Gasteiger partial charge >= 0.3 is 0 Å². The zero-order chi connectivity index (χ0) is 36.6. The summed E-state index contributed by atoms with van der Waals surface area (Å²) in [6.07, 6.45) is 0. The Morgan fingerprint density at radius 2 is 0.727 bits per heavy atom. The van der Waals surface area contributed by atoms with Gasteiger partial charge in [0.25, 0.3) is 0 Å². The molecule has 0 fully saturated rings. The first kappa shape index (κ1) is 32.1. The Bertz CT molecular complexity index is 2830. The van der Waals surface area contributed by atoms with E-state index < -0.39 is 0 Å². The van der Waals surface area contributed by atoms with Crippen LogP contribution in [0.2, 0.25) is 0 Å². The number of hydrogen-bond acceptors (Lipinski definition) is 6. The summed E-state index contributed by atoms with van der Waals surface area (Å²) in [6, 6.07) is 63.4.